The highest BCUT2D eigenvalue weighted by molar-refractivity contribution is 5.94. The number of rotatable bonds is 7. The van der Waals surface area contributed by atoms with Crippen LogP contribution in [-0.2, 0) is 22.9 Å². The molecule has 194 valence electrons. The molecule has 0 aliphatic rings. The van der Waals surface area contributed by atoms with Gasteiger partial charge >= 0.3 is 18.2 Å². The number of halogens is 3. The number of methoxy groups -OCH3 is 1. The summed E-state index contributed by atoms with van der Waals surface area (Å²) in [5, 5.41) is 5.58. The van der Waals surface area contributed by atoms with Gasteiger partial charge in [-0.3, -0.25) is 4.98 Å². The van der Waals surface area contributed by atoms with Crippen molar-refractivity contribution >= 4 is 17.7 Å². The number of nitrogens with zero attached hydrogens (tertiary/aromatic N) is 1. The topological polar surface area (TPSA) is 80.3 Å². The number of hydrogen-bond acceptors (Lipinski definition) is 4. The predicted octanol–water partition coefficient (Wildman–Crippen LogP) is 6.20. The lowest BCUT2D eigenvalue weighted by molar-refractivity contribution is -0.137. The number of urea groups is 1. The summed E-state index contributed by atoms with van der Waals surface area (Å²) in [4.78, 5) is 29.8. The van der Waals surface area contributed by atoms with Crippen molar-refractivity contribution in [1.29, 1.82) is 0 Å². The van der Waals surface area contributed by atoms with E-state index in [9.17, 15) is 22.8 Å². The third-order valence-corrected chi connectivity index (χ3v) is 5.97. The fourth-order valence-electron chi connectivity index (χ4n) is 4.20. The van der Waals surface area contributed by atoms with Crippen LogP contribution in [0.1, 0.15) is 32.7 Å². The molecule has 0 fully saturated rings. The molecule has 1 heterocycles. The van der Waals surface area contributed by atoms with E-state index in [0.29, 0.717) is 11.4 Å². The standard InChI is InChI=1S/C29H24F3N3O3/c1-38-26(36)21-11-7-14-24(17-21)34-27(37)35-28(25-15-5-6-16-33-25,19-20-9-3-2-4-10-20)22-12-8-13-23(18-22)29(30,31)32/h2-18H,19H2,1H3,(H2,34,35,37). The van der Waals surface area contributed by atoms with Crippen LogP contribution >= 0.6 is 0 Å². The lowest BCUT2D eigenvalue weighted by Crippen LogP contribution is -2.50. The third-order valence-electron chi connectivity index (χ3n) is 5.97. The van der Waals surface area contributed by atoms with E-state index >= 15 is 0 Å². The number of alkyl halides is 3. The van der Waals surface area contributed by atoms with Gasteiger partial charge in [-0.1, -0.05) is 54.6 Å². The van der Waals surface area contributed by atoms with Crippen LogP contribution < -0.4 is 10.6 Å². The summed E-state index contributed by atoms with van der Waals surface area (Å²) in [6, 6.07) is 24.4. The van der Waals surface area contributed by atoms with Gasteiger partial charge in [-0.25, -0.2) is 9.59 Å². The van der Waals surface area contributed by atoms with Gasteiger partial charge in [0.25, 0.3) is 0 Å². The Balaban J connectivity index is 1.81. The Hall–Kier alpha value is -4.66. The zero-order chi connectivity index (χ0) is 27.2. The van der Waals surface area contributed by atoms with E-state index in [1.807, 2.05) is 30.3 Å². The molecule has 2 N–H and O–H groups in total. The summed E-state index contributed by atoms with van der Waals surface area (Å²) in [5.74, 6) is -0.579. The normalized spacial score (nSPS) is 12.7. The molecule has 4 aromatic rings. The average Bonchev–Trinajstić information content (AvgIpc) is 2.93. The number of esters is 1. The van der Waals surface area contributed by atoms with Crippen molar-refractivity contribution in [3.05, 3.63) is 131 Å². The molecule has 9 heteroatoms. The van der Waals surface area contributed by atoms with Crippen molar-refractivity contribution in [3.63, 3.8) is 0 Å². The summed E-state index contributed by atoms with van der Waals surface area (Å²) in [7, 11) is 1.25. The first kappa shape index (κ1) is 26.4. The minimum atomic E-state index is -4.59. The van der Waals surface area contributed by atoms with Gasteiger partial charge in [-0.15, -0.1) is 0 Å². The van der Waals surface area contributed by atoms with Crippen molar-refractivity contribution < 1.29 is 27.5 Å². The predicted molar refractivity (Wildman–Crippen MR) is 137 cm³/mol. The summed E-state index contributed by atoms with van der Waals surface area (Å²) in [5.41, 5.74) is -0.490. The third kappa shape index (κ3) is 6.00. The highest BCUT2D eigenvalue weighted by Crippen LogP contribution is 2.37. The molecule has 0 saturated heterocycles. The molecule has 0 spiro atoms. The molecular weight excluding hydrogens is 495 g/mol. The minimum Gasteiger partial charge on any atom is -0.465 e. The molecule has 0 bridgehead atoms. The first-order chi connectivity index (χ1) is 18.2. The van der Waals surface area contributed by atoms with Crippen LogP contribution in [0, 0.1) is 0 Å². The fourth-order valence-corrected chi connectivity index (χ4v) is 4.20. The second kappa shape index (κ2) is 11.2. The number of amides is 2. The van der Waals surface area contributed by atoms with E-state index in [1.165, 1.54) is 37.6 Å². The Morgan fingerprint density at radius 1 is 0.842 bits per heavy atom. The maximum absolute atomic E-state index is 13.7. The van der Waals surface area contributed by atoms with Crippen LogP contribution in [0.25, 0.3) is 0 Å². The first-order valence-corrected chi connectivity index (χ1v) is 11.6. The molecule has 1 atom stereocenters. The summed E-state index contributed by atoms with van der Waals surface area (Å²) < 4.78 is 45.9. The Bertz CT molecular complexity index is 1410. The number of nitrogens with one attached hydrogen (secondary N) is 2. The molecule has 1 aromatic heterocycles. The first-order valence-electron chi connectivity index (χ1n) is 11.6. The van der Waals surface area contributed by atoms with Gasteiger partial charge in [0.05, 0.1) is 23.9 Å². The van der Waals surface area contributed by atoms with Gasteiger partial charge in [-0.05, 0) is 53.6 Å². The summed E-state index contributed by atoms with van der Waals surface area (Å²) in [6.45, 7) is 0. The number of aromatic nitrogens is 1. The second-order valence-electron chi connectivity index (χ2n) is 8.51. The zero-order valence-electron chi connectivity index (χ0n) is 20.3. The van der Waals surface area contributed by atoms with Crippen molar-refractivity contribution in [2.24, 2.45) is 0 Å². The van der Waals surface area contributed by atoms with E-state index in [4.69, 9.17) is 4.74 Å². The van der Waals surface area contributed by atoms with E-state index < -0.39 is 29.3 Å². The van der Waals surface area contributed by atoms with Crippen molar-refractivity contribution in [3.8, 4) is 0 Å². The van der Waals surface area contributed by atoms with Gasteiger partial charge < -0.3 is 15.4 Å². The van der Waals surface area contributed by atoms with E-state index in [0.717, 1.165) is 17.7 Å². The lowest BCUT2D eigenvalue weighted by Gasteiger charge is -2.35. The smallest absolute Gasteiger partial charge is 0.416 e. The molecule has 0 aliphatic heterocycles. The number of carbonyl (C=O) groups is 2. The molecule has 0 aliphatic carbocycles. The van der Waals surface area contributed by atoms with Crippen molar-refractivity contribution in [2.45, 2.75) is 18.1 Å². The van der Waals surface area contributed by atoms with Gasteiger partial charge in [0.15, 0.2) is 0 Å². The van der Waals surface area contributed by atoms with Crippen LogP contribution in [0.5, 0.6) is 0 Å². The van der Waals surface area contributed by atoms with Crippen LogP contribution in [0.4, 0.5) is 23.7 Å². The number of carbonyl (C=O) groups excluding carboxylic acids is 2. The van der Waals surface area contributed by atoms with E-state index in [-0.39, 0.29) is 17.5 Å². The van der Waals surface area contributed by atoms with Crippen molar-refractivity contribution in [1.82, 2.24) is 10.3 Å². The fraction of sp³-hybridized carbons (Fsp3) is 0.138. The number of hydrogen-bond donors (Lipinski definition) is 2. The SMILES string of the molecule is COC(=O)c1cccc(NC(=O)NC(Cc2ccccc2)(c2cccc(C(F)(F)F)c2)c2ccccn2)c1. The second-order valence-corrected chi connectivity index (χ2v) is 8.51. The van der Waals surface area contributed by atoms with Gasteiger partial charge in [-0.2, -0.15) is 13.2 Å². The van der Waals surface area contributed by atoms with Crippen LogP contribution in [-0.4, -0.2) is 24.1 Å². The van der Waals surface area contributed by atoms with Crippen LogP contribution in [0.15, 0.2) is 103 Å². The molecule has 4 rings (SSSR count). The Labute approximate surface area is 217 Å². The number of ether oxygens (including phenoxy) is 1. The number of benzene rings is 3. The summed E-state index contributed by atoms with van der Waals surface area (Å²) >= 11 is 0. The summed E-state index contributed by atoms with van der Waals surface area (Å²) in [6.07, 6.45) is -2.96. The highest BCUT2D eigenvalue weighted by atomic mass is 19.4. The molecule has 1 unspecified atom stereocenters. The average molecular weight is 520 g/mol. The Kier molecular flexibility index (Phi) is 7.76. The number of anilines is 1. The maximum Gasteiger partial charge on any atom is 0.416 e. The molecule has 2 amide bonds. The zero-order valence-corrected chi connectivity index (χ0v) is 20.3. The molecule has 38 heavy (non-hydrogen) atoms. The lowest BCUT2D eigenvalue weighted by atomic mass is 9.80. The monoisotopic (exact) mass is 519 g/mol. The maximum atomic E-state index is 13.7. The molecule has 3 aromatic carbocycles. The van der Waals surface area contributed by atoms with Gasteiger partial charge in [0, 0.05) is 18.3 Å². The van der Waals surface area contributed by atoms with Gasteiger partial charge in [0.2, 0.25) is 0 Å². The Morgan fingerprint density at radius 2 is 1.55 bits per heavy atom. The minimum absolute atomic E-state index is 0.113. The van der Waals surface area contributed by atoms with E-state index in [1.54, 1.807) is 30.3 Å². The molecule has 6 nitrogen and oxygen atoms in total. The molecule has 0 saturated carbocycles. The number of pyridine rings is 1. The van der Waals surface area contributed by atoms with Crippen molar-refractivity contribution in [2.75, 3.05) is 12.4 Å². The molecule has 0 radical (unpaired) electrons. The van der Waals surface area contributed by atoms with Crippen LogP contribution in [0.3, 0.4) is 0 Å². The van der Waals surface area contributed by atoms with E-state index in [2.05, 4.69) is 15.6 Å². The quantitative estimate of drug-likeness (QED) is 0.285. The Morgan fingerprint density at radius 3 is 2.24 bits per heavy atom. The van der Waals surface area contributed by atoms with Crippen LogP contribution in [0.2, 0.25) is 0 Å². The van der Waals surface area contributed by atoms with Gasteiger partial charge in [0.1, 0.15) is 5.54 Å². The largest absolute Gasteiger partial charge is 0.465 e. The molecular formula is C29H24F3N3O3. The highest BCUT2D eigenvalue weighted by Gasteiger charge is 2.40.